The maximum absolute atomic E-state index is 12.4. The largest absolute Gasteiger partial charge is 0.312 e. The van der Waals surface area contributed by atoms with E-state index >= 15 is 0 Å². The lowest BCUT2D eigenvalue weighted by Crippen LogP contribution is -2.27. The molecule has 0 unspecified atom stereocenters. The van der Waals surface area contributed by atoms with Crippen molar-refractivity contribution < 1.29 is 4.79 Å². The number of carbonyl (C=O) groups excluding carboxylic acids is 1. The van der Waals surface area contributed by atoms with Gasteiger partial charge in [0, 0.05) is 36.6 Å². The summed E-state index contributed by atoms with van der Waals surface area (Å²) in [6.45, 7) is 0.819. The molecule has 0 N–H and O–H groups in total. The standard InChI is InChI=1S/C17H20N2O/c20-17-9-5-3-1-2-4-7-14-13-18-11-10-15(14)16-8-6-12-19(16)17/h1,3,8,10-11,13H,2,4-7,9,12H2/b3-1-. The highest BCUT2D eigenvalue weighted by Crippen LogP contribution is 2.29. The second-order valence-electron chi connectivity index (χ2n) is 5.36. The number of allylic oxidation sites excluding steroid dienone is 2. The first-order chi connectivity index (χ1) is 9.86. The third kappa shape index (κ3) is 2.67. The first-order valence-corrected chi connectivity index (χ1v) is 7.45. The molecule has 0 radical (unpaired) electrons. The molecule has 0 aromatic carbocycles. The lowest BCUT2D eigenvalue weighted by atomic mass is 10.0. The van der Waals surface area contributed by atoms with Crippen LogP contribution in [0.1, 0.15) is 43.2 Å². The molecular weight excluding hydrogens is 248 g/mol. The second-order valence-corrected chi connectivity index (χ2v) is 5.36. The summed E-state index contributed by atoms with van der Waals surface area (Å²) >= 11 is 0. The minimum Gasteiger partial charge on any atom is -0.312 e. The summed E-state index contributed by atoms with van der Waals surface area (Å²) in [7, 11) is 0. The highest BCUT2D eigenvalue weighted by Gasteiger charge is 2.24. The minimum atomic E-state index is 0.238. The predicted octanol–water partition coefficient (Wildman–Crippen LogP) is 3.33. The summed E-state index contributed by atoms with van der Waals surface area (Å²) in [4.78, 5) is 18.6. The predicted molar refractivity (Wildman–Crippen MR) is 79.9 cm³/mol. The van der Waals surface area contributed by atoms with Gasteiger partial charge < -0.3 is 4.90 Å². The summed E-state index contributed by atoms with van der Waals surface area (Å²) in [5, 5.41) is 0. The third-order valence-electron chi connectivity index (χ3n) is 3.97. The Labute approximate surface area is 120 Å². The summed E-state index contributed by atoms with van der Waals surface area (Å²) in [6.07, 6.45) is 16.0. The lowest BCUT2D eigenvalue weighted by Gasteiger charge is -2.22. The number of nitrogens with zero attached hydrogens (tertiary/aromatic N) is 2. The Kier molecular flexibility index (Phi) is 3.95. The fourth-order valence-corrected chi connectivity index (χ4v) is 2.94. The molecule has 2 aliphatic rings. The van der Waals surface area contributed by atoms with Gasteiger partial charge >= 0.3 is 0 Å². The van der Waals surface area contributed by atoms with Crippen molar-refractivity contribution in [2.45, 2.75) is 38.5 Å². The van der Waals surface area contributed by atoms with Crippen molar-refractivity contribution in [3.05, 3.63) is 47.8 Å². The molecule has 3 rings (SSSR count). The smallest absolute Gasteiger partial charge is 0.227 e. The van der Waals surface area contributed by atoms with Crippen LogP contribution in [0.2, 0.25) is 0 Å². The second kappa shape index (κ2) is 6.04. The molecular formula is C17H20N2O. The molecule has 1 aromatic heterocycles. The van der Waals surface area contributed by atoms with E-state index in [1.165, 1.54) is 11.1 Å². The van der Waals surface area contributed by atoms with E-state index in [1.807, 2.05) is 23.4 Å². The van der Waals surface area contributed by atoms with Crippen molar-refractivity contribution in [1.29, 1.82) is 0 Å². The first kappa shape index (κ1) is 13.1. The van der Waals surface area contributed by atoms with Crippen molar-refractivity contribution in [2.24, 2.45) is 0 Å². The number of hydrogen-bond acceptors (Lipinski definition) is 2. The van der Waals surface area contributed by atoms with E-state index in [2.05, 4.69) is 23.2 Å². The number of aromatic nitrogens is 1. The average Bonchev–Trinajstić information content (AvgIpc) is 2.94. The van der Waals surface area contributed by atoms with Crippen LogP contribution in [0.25, 0.3) is 5.70 Å². The molecule has 3 heterocycles. The minimum absolute atomic E-state index is 0.238. The van der Waals surface area contributed by atoms with Gasteiger partial charge in [0.15, 0.2) is 0 Å². The molecule has 0 atom stereocenters. The SMILES string of the molecule is O=C1CC/C=C\CCCc2cnccc2C2=CCCN12. The van der Waals surface area contributed by atoms with Gasteiger partial charge in [0.2, 0.25) is 5.91 Å². The van der Waals surface area contributed by atoms with Gasteiger partial charge in [-0.2, -0.15) is 0 Å². The molecule has 104 valence electrons. The van der Waals surface area contributed by atoms with E-state index in [1.54, 1.807) is 0 Å². The molecule has 1 amide bonds. The average molecular weight is 268 g/mol. The number of fused-ring (bicyclic) bond motifs is 3. The van der Waals surface area contributed by atoms with Gasteiger partial charge in [0.05, 0.1) is 0 Å². The number of aryl methyl sites for hydroxylation is 1. The zero-order valence-corrected chi connectivity index (χ0v) is 11.7. The molecule has 0 bridgehead atoms. The van der Waals surface area contributed by atoms with Crippen molar-refractivity contribution in [3.8, 4) is 0 Å². The number of pyridine rings is 1. The maximum atomic E-state index is 12.4. The summed E-state index contributed by atoms with van der Waals surface area (Å²) in [6, 6.07) is 2.05. The van der Waals surface area contributed by atoms with Crippen molar-refractivity contribution in [3.63, 3.8) is 0 Å². The van der Waals surface area contributed by atoms with Crippen LogP contribution in [-0.4, -0.2) is 22.3 Å². The van der Waals surface area contributed by atoms with Gasteiger partial charge in [-0.05, 0) is 43.7 Å². The Morgan fingerprint density at radius 1 is 1.10 bits per heavy atom. The summed E-state index contributed by atoms with van der Waals surface area (Å²) in [5.74, 6) is 0.238. The van der Waals surface area contributed by atoms with Gasteiger partial charge in [-0.1, -0.05) is 18.2 Å². The summed E-state index contributed by atoms with van der Waals surface area (Å²) in [5.41, 5.74) is 3.54. The van der Waals surface area contributed by atoms with Gasteiger partial charge in [-0.3, -0.25) is 9.78 Å². The van der Waals surface area contributed by atoms with Gasteiger partial charge in [0.25, 0.3) is 0 Å². The Bertz CT molecular complexity index is 560. The van der Waals surface area contributed by atoms with E-state index in [-0.39, 0.29) is 5.91 Å². The van der Waals surface area contributed by atoms with Crippen molar-refractivity contribution in [1.82, 2.24) is 9.88 Å². The lowest BCUT2D eigenvalue weighted by molar-refractivity contribution is -0.127. The van der Waals surface area contributed by atoms with Crippen LogP contribution < -0.4 is 0 Å². The van der Waals surface area contributed by atoms with Gasteiger partial charge in [-0.15, -0.1) is 0 Å². The normalized spacial score (nSPS) is 21.3. The molecule has 2 aliphatic heterocycles. The fraction of sp³-hybridized carbons (Fsp3) is 0.412. The monoisotopic (exact) mass is 268 g/mol. The Balaban J connectivity index is 1.97. The van der Waals surface area contributed by atoms with Crippen LogP contribution in [0, 0.1) is 0 Å². The molecule has 0 spiro atoms. The zero-order valence-electron chi connectivity index (χ0n) is 11.7. The molecule has 1 aromatic rings. The highest BCUT2D eigenvalue weighted by molar-refractivity contribution is 5.88. The first-order valence-electron chi connectivity index (χ1n) is 7.45. The molecule has 3 nitrogen and oxygen atoms in total. The topological polar surface area (TPSA) is 33.2 Å². The maximum Gasteiger partial charge on any atom is 0.227 e. The van der Waals surface area contributed by atoms with E-state index in [0.717, 1.165) is 44.3 Å². The van der Waals surface area contributed by atoms with Crippen molar-refractivity contribution in [2.75, 3.05) is 6.54 Å². The molecule has 0 aliphatic carbocycles. The Hall–Kier alpha value is -1.90. The van der Waals surface area contributed by atoms with Gasteiger partial charge in [0.1, 0.15) is 0 Å². The van der Waals surface area contributed by atoms with E-state index in [9.17, 15) is 4.79 Å². The van der Waals surface area contributed by atoms with Gasteiger partial charge in [-0.25, -0.2) is 0 Å². The van der Waals surface area contributed by atoms with E-state index in [4.69, 9.17) is 0 Å². The van der Waals surface area contributed by atoms with E-state index < -0.39 is 0 Å². The third-order valence-corrected chi connectivity index (χ3v) is 3.97. The summed E-state index contributed by atoms with van der Waals surface area (Å²) < 4.78 is 0. The number of amides is 1. The molecule has 0 saturated carbocycles. The van der Waals surface area contributed by atoms with Crippen LogP contribution in [0.4, 0.5) is 0 Å². The van der Waals surface area contributed by atoms with E-state index in [0.29, 0.717) is 6.42 Å². The van der Waals surface area contributed by atoms with Crippen LogP contribution >= 0.6 is 0 Å². The van der Waals surface area contributed by atoms with Crippen LogP contribution in [0.15, 0.2) is 36.7 Å². The number of carbonyl (C=O) groups is 1. The quantitative estimate of drug-likeness (QED) is 0.676. The number of hydrogen-bond donors (Lipinski definition) is 0. The van der Waals surface area contributed by atoms with Crippen LogP contribution in [-0.2, 0) is 11.2 Å². The molecule has 0 saturated heterocycles. The molecule has 3 heteroatoms. The van der Waals surface area contributed by atoms with Crippen molar-refractivity contribution >= 4 is 11.6 Å². The highest BCUT2D eigenvalue weighted by atomic mass is 16.2. The van der Waals surface area contributed by atoms with Crippen LogP contribution in [0.3, 0.4) is 0 Å². The Morgan fingerprint density at radius 3 is 2.95 bits per heavy atom. The van der Waals surface area contributed by atoms with Crippen LogP contribution in [0.5, 0.6) is 0 Å². The molecule has 0 fully saturated rings. The molecule has 20 heavy (non-hydrogen) atoms. The number of rotatable bonds is 0. The zero-order chi connectivity index (χ0) is 13.8. The fourth-order valence-electron chi connectivity index (χ4n) is 2.94. The Morgan fingerprint density at radius 2 is 2.00 bits per heavy atom.